The second-order valence-electron chi connectivity index (χ2n) is 5.25. The maximum atomic E-state index is 12.1. The second kappa shape index (κ2) is 5.55. The topological polar surface area (TPSA) is 93.8 Å². The van der Waals surface area contributed by atoms with Crippen LogP contribution in [0.3, 0.4) is 0 Å². The van der Waals surface area contributed by atoms with Gasteiger partial charge in [-0.3, -0.25) is 9.59 Å². The fourth-order valence-corrected chi connectivity index (χ4v) is 2.42. The summed E-state index contributed by atoms with van der Waals surface area (Å²) in [6.45, 7) is 7.39. The van der Waals surface area contributed by atoms with Crippen LogP contribution in [0, 0.1) is 13.8 Å². The molecule has 1 unspecified atom stereocenters. The van der Waals surface area contributed by atoms with Gasteiger partial charge in [0, 0.05) is 5.56 Å². The number of aromatic nitrogens is 3. The number of hydrogen-bond acceptors (Lipinski definition) is 3. The van der Waals surface area contributed by atoms with E-state index in [-0.39, 0.29) is 5.56 Å². The molecule has 2 rings (SSSR count). The Morgan fingerprint density at radius 1 is 1.43 bits per heavy atom. The molecule has 0 saturated carbocycles. The zero-order chi connectivity index (χ0) is 15.7. The number of nitrogens with zero attached hydrogens (tertiary/aromatic N) is 2. The molecule has 2 aromatic heterocycles. The molecule has 1 amide bonds. The lowest BCUT2D eigenvalue weighted by atomic mass is 10.1. The Hall–Kier alpha value is -2.37. The normalized spacial score (nSPS) is 12.4. The minimum atomic E-state index is -0.485. The third kappa shape index (κ3) is 2.74. The molecule has 6 heteroatoms. The highest BCUT2D eigenvalue weighted by Gasteiger charge is 2.19. The molecule has 0 aromatic carbocycles. The van der Waals surface area contributed by atoms with Crippen molar-refractivity contribution in [1.82, 2.24) is 14.8 Å². The number of nitrogens with one attached hydrogen (secondary N) is 1. The molecule has 0 bridgehead atoms. The smallest absolute Gasteiger partial charge is 0.252 e. The number of amides is 1. The lowest BCUT2D eigenvalue weighted by Gasteiger charge is -2.12. The van der Waals surface area contributed by atoms with E-state index in [1.54, 1.807) is 17.7 Å². The Balaban J connectivity index is 2.63. The molecule has 0 radical (unpaired) electrons. The van der Waals surface area contributed by atoms with Crippen molar-refractivity contribution < 1.29 is 4.79 Å². The number of aromatic amines is 1. The van der Waals surface area contributed by atoms with Crippen LogP contribution in [0.5, 0.6) is 0 Å². The largest absolute Gasteiger partial charge is 0.369 e. The molecule has 0 spiro atoms. The number of nitrogens with two attached hydrogens (primary N) is 1. The first kappa shape index (κ1) is 15.0. The first-order valence-corrected chi connectivity index (χ1v) is 6.94. The maximum Gasteiger partial charge on any atom is 0.252 e. The number of primary amides is 1. The Labute approximate surface area is 123 Å². The minimum absolute atomic E-state index is 0.127. The summed E-state index contributed by atoms with van der Waals surface area (Å²) in [5, 5.41) is 4.36. The van der Waals surface area contributed by atoms with Crippen LogP contribution in [0.2, 0.25) is 0 Å². The second-order valence-corrected chi connectivity index (χ2v) is 5.25. The summed E-state index contributed by atoms with van der Waals surface area (Å²) in [5.41, 5.74) is 8.34. The molecule has 0 fully saturated rings. The Bertz CT molecular complexity index is 743. The van der Waals surface area contributed by atoms with E-state index >= 15 is 0 Å². The summed E-state index contributed by atoms with van der Waals surface area (Å²) >= 11 is 0. The number of rotatable bonds is 4. The van der Waals surface area contributed by atoms with Crippen LogP contribution in [0.25, 0.3) is 5.82 Å². The van der Waals surface area contributed by atoms with Gasteiger partial charge in [-0.1, -0.05) is 6.92 Å². The van der Waals surface area contributed by atoms with Crippen molar-refractivity contribution in [3.05, 3.63) is 45.0 Å². The highest BCUT2D eigenvalue weighted by Crippen LogP contribution is 2.20. The Morgan fingerprint density at radius 3 is 2.62 bits per heavy atom. The van der Waals surface area contributed by atoms with Gasteiger partial charge in [0.15, 0.2) is 0 Å². The van der Waals surface area contributed by atoms with Crippen LogP contribution in [-0.2, 0) is 11.2 Å². The fraction of sp³-hybridized carbons (Fsp3) is 0.400. The molecule has 0 aliphatic rings. The third-order valence-corrected chi connectivity index (χ3v) is 3.66. The average Bonchev–Trinajstić information content (AvgIpc) is 2.79. The molecule has 1 atom stereocenters. The van der Waals surface area contributed by atoms with Gasteiger partial charge in [-0.2, -0.15) is 5.10 Å². The van der Waals surface area contributed by atoms with Gasteiger partial charge in [0.1, 0.15) is 5.82 Å². The van der Waals surface area contributed by atoms with Crippen LogP contribution in [0.4, 0.5) is 0 Å². The minimum Gasteiger partial charge on any atom is -0.369 e. The third-order valence-electron chi connectivity index (χ3n) is 3.66. The van der Waals surface area contributed by atoms with E-state index in [9.17, 15) is 9.59 Å². The zero-order valence-electron chi connectivity index (χ0n) is 12.7. The Morgan fingerprint density at radius 2 is 2.10 bits per heavy atom. The van der Waals surface area contributed by atoms with Crippen molar-refractivity contribution in [3.63, 3.8) is 0 Å². The molecular formula is C15H20N4O2. The predicted octanol–water partition coefficient (Wildman–Crippen LogP) is 1.33. The van der Waals surface area contributed by atoms with Gasteiger partial charge >= 0.3 is 0 Å². The summed E-state index contributed by atoms with van der Waals surface area (Å²) in [5.74, 6) is -0.368. The first-order chi connectivity index (χ1) is 9.85. The predicted molar refractivity (Wildman–Crippen MR) is 80.6 cm³/mol. The molecule has 112 valence electrons. The van der Waals surface area contributed by atoms with Gasteiger partial charge in [-0.05, 0) is 44.9 Å². The number of carbonyl (C=O) groups is 1. The van der Waals surface area contributed by atoms with Crippen molar-refractivity contribution >= 4 is 5.91 Å². The van der Waals surface area contributed by atoms with E-state index in [2.05, 4.69) is 10.1 Å². The van der Waals surface area contributed by atoms with E-state index in [1.165, 1.54) is 0 Å². The molecule has 3 N–H and O–H groups in total. The molecular weight excluding hydrogens is 268 g/mol. The van der Waals surface area contributed by atoms with E-state index in [0.29, 0.717) is 17.9 Å². The van der Waals surface area contributed by atoms with Crippen LogP contribution in [-0.4, -0.2) is 20.7 Å². The average molecular weight is 288 g/mol. The van der Waals surface area contributed by atoms with E-state index < -0.39 is 11.8 Å². The fourth-order valence-electron chi connectivity index (χ4n) is 2.42. The van der Waals surface area contributed by atoms with E-state index in [4.69, 9.17) is 5.73 Å². The SMILES string of the molecule is CCc1c(C)cc(-n2nc(C)cc2C(C)C(N)=O)[nH]c1=O. The molecule has 0 aliphatic heterocycles. The lowest BCUT2D eigenvalue weighted by molar-refractivity contribution is -0.119. The van der Waals surface area contributed by atoms with Gasteiger partial charge in [0.05, 0.1) is 17.3 Å². The van der Waals surface area contributed by atoms with Crippen molar-refractivity contribution in [1.29, 1.82) is 0 Å². The Kier molecular flexibility index (Phi) is 3.97. The van der Waals surface area contributed by atoms with E-state index in [1.807, 2.05) is 26.8 Å². The summed E-state index contributed by atoms with van der Waals surface area (Å²) in [4.78, 5) is 26.4. The summed E-state index contributed by atoms with van der Waals surface area (Å²) < 4.78 is 1.58. The zero-order valence-corrected chi connectivity index (χ0v) is 12.7. The van der Waals surface area contributed by atoms with Gasteiger partial charge in [0.2, 0.25) is 5.91 Å². The summed E-state index contributed by atoms with van der Waals surface area (Å²) in [6, 6.07) is 3.67. The van der Waals surface area contributed by atoms with Gasteiger partial charge in [-0.25, -0.2) is 4.68 Å². The molecule has 21 heavy (non-hydrogen) atoms. The lowest BCUT2D eigenvalue weighted by Crippen LogP contribution is -2.23. The van der Waals surface area contributed by atoms with Crippen LogP contribution < -0.4 is 11.3 Å². The molecule has 2 aromatic rings. The van der Waals surface area contributed by atoms with Crippen molar-refractivity contribution in [2.45, 2.75) is 40.0 Å². The molecule has 6 nitrogen and oxygen atoms in total. The maximum absolute atomic E-state index is 12.1. The van der Waals surface area contributed by atoms with Crippen LogP contribution >= 0.6 is 0 Å². The highest BCUT2D eigenvalue weighted by atomic mass is 16.1. The highest BCUT2D eigenvalue weighted by molar-refractivity contribution is 5.81. The van der Waals surface area contributed by atoms with Crippen LogP contribution in [0.15, 0.2) is 16.9 Å². The summed E-state index contributed by atoms with van der Waals surface area (Å²) in [6.07, 6.45) is 0.671. The van der Waals surface area contributed by atoms with Gasteiger partial charge in [-0.15, -0.1) is 0 Å². The number of pyridine rings is 1. The first-order valence-electron chi connectivity index (χ1n) is 6.94. The van der Waals surface area contributed by atoms with Crippen molar-refractivity contribution in [2.75, 3.05) is 0 Å². The van der Waals surface area contributed by atoms with E-state index in [0.717, 1.165) is 16.8 Å². The van der Waals surface area contributed by atoms with Gasteiger partial charge in [0.25, 0.3) is 5.56 Å². The molecule has 2 heterocycles. The van der Waals surface area contributed by atoms with Crippen molar-refractivity contribution in [3.8, 4) is 5.82 Å². The van der Waals surface area contributed by atoms with Crippen LogP contribution in [0.1, 0.15) is 42.3 Å². The standard InChI is InChI=1S/C15H20N4O2/c1-5-11-8(2)6-13(17-15(11)21)19-12(7-9(3)18-19)10(4)14(16)20/h6-7,10H,5H2,1-4H3,(H2,16,20)(H,17,21). The molecule has 0 aliphatic carbocycles. The van der Waals surface area contributed by atoms with Crippen molar-refractivity contribution in [2.24, 2.45) is 5.73 Å². The number of aryl methyl sites for hydroxylation is 2. The van der Waals surface area contributed by atoms with Gasteiger partial charge < -0.3 is 10.7 Å². The number of H-pyrrole nitrogens is 1. The summed E-state index contributed by atoms with van der Waals surface area (Å²) in [7, 11) is 0. The quantitative estimate of drug-likeness (QED) is 0.888. The number of carbonyl (C=O) groups excluding carboxylic acids is 1. The number of hydrogen-bond donors (Lipinski definition) is 2. The monoisotopic (exact) mass is 288 g/mol. The molecule has 0 saturated heterocycles.